The summed E-state index contributed by atoms with van der Waals surface area (Å²) in [6, 6.07) is 2.00. The van der Waals surface area contributed by atoms with Crippen LogP contribution < -0.4 is 0 Å². The van der Waals surface area contributed by atoms with Crippen molar-refractivity contribution in [1.82, 2.24) is 0 Å². The second kappa shape index (κ2) is 5.45. The Bertz CT molecular complexity index is 278. The highest BCUT2D eigenvalue weighted by molar-refractivity contribution is 7.99. The van der Waals surface area contributed by atoms with E-state index < -0.39 is 0 Å². The predicted octanol–water partition coefficient (Wildman–Crippen LogP) is 3.38. The van der Waals surface area contributed by atoms with E-state index in [1.54, 1.807) is 23.1 Å². The van der Waals surface area contributed by atoms with Gasteiger partial charge in [-0.15, -0.1) is 11.3 Å². The monoisotopic (exact) mass is 214 g/mol. The molecule has 0 saturated carbocycles. The molecule has 0 atom stereocenters. The van der Waals surface area contributed by atoms with Gasteiger partial charge in [-0.05, 0) is 36.1 Å². The Balaban J connectivity index is 2.45. The summed E-state index contributed by atoms with van der Waals surface area (Å²) in [6.07, 6.45) is 1.14. The number of Topliss-reactive ketones (excluding diaryl/α,β-unsaturated/α-hetero) is 1. The van der Waals surface area contributed by atoms with Crippen molar-refractivity contribution < 1.29 is 4.79 Å². The molecule has 1 rings (SSSR count). The number of rotatable bonds is 5. The van der Waals surface area contributed by atoms with Crippen LogP contribution in [0.1, 0.15) is 28.6 Å². The number of hydrogen-bond acceptors (Lipinski definition) is 3. The van der Waals surface area contributed by atoms with E-state index in [2.05, 4.69) is 6.92 Å². The average molecular weight is 214 g/mol. The van der Waals surface area contributed by atoms with Crippen molar-refractivity contribution >= 4 is 28.9 Å². The van der Waals surface area contributed by atoms with Gasteiger partial charge in [0, 0.05) is 0 Å². The predicted molar refractivity (Wildman–Crippen MR) is 61.0 cm³/mol. The van der Waals surface area contributed by atoms with Gasteiger partial charge in [-0.25, -0.2) is 0 Å². The van der Waals surface area contributed by atoms with Gasteiger partial charge in [0.1, 0.15) is 0 Å². The summed E-state index contributed by atoms with van der Waals surface area (Å²) in [6.45, 7) is 4.13. The Labute approximate surface area is 87.5 Å². The van der Waals surface area contributed by atoms with Crippen LogP contribution in [0.25, 0.3) is 0 Å². The second-order valence-electron chi connectivity index (χ2n) is 2.91. The minimum Gasteiger partial charge on any atom is -0.292 e. The maximum Gasteiger partial charge on any atom is 0.182 e. The van der Waals surface area contributed by atoms with Crippen molar-refractivity contribution in [3.8, 4) is 0 Å². The van der Waals surface area contributed by atoms with Gasteiger partial charge >= 0.3 is 0 Å². The molecular weight excluding hydrogens is 200 g/mol. The highest BCUT2D eigenvalue weighted by Crippen LogP contribution is 2.18. The Hall–Kier alpha value is -0.280. The maximum absolute atomic E-state index is 11.6. The van der Waals surface area contributed by atoms with Gasteiger partial charge in [-0.2, -0.15) is 11.8 Å². The number of carbonyl (C=O) groups excluding carboxylic acids is 1. The van der Waals surface area contributed by atoms with Crippen LogP contribution in [0.2, 0.25) is 0 Å². The van der Waals surface area contributed by atoms with Crippen LogP contribution in [0.3, 0.4) is 0 Å². The third-order valence-corrected chi connectivity index (χ3v) is 3.92. The van der Waals surface area contributed by atoms with E-state index in [-0.39, 0.29) is 5.78 Å². The first kappa shape index (κ1) is 10.8. The van der Waals surface area contributed by atoms with Gasteiger partial charge in [0.15, 0.2) is 5.78 Å². The number of thioether (sulfide) groups is 1. The highest BCUT2D eigenvalue weighted by Gasteiger charge is 2.09. The lowest BCUT2D eigenvalue weighted by molar-refractivity contribution is 0.102. The lowest BCUT2D eigenvalue weighted by Crippen LogP contribution is -2.01. The molecule has 1 heterocycles. The van der Waals surface area contributed by atoms with Gasteiger partial charge in [0.2, 0.25) is 0 Å². The summed E-state index contributed by atoms with van der Waals surface area (Å²) >= 11 is 3.28. The van der Waals surface area contributed by atoms with E-state index in [1.165, 1.54) is 0 Å². The largest absolute Gasteiger partial charge is 0.292 e. The standard InChI is InChI=1S/C10H14OS2/c1-3-5-12-7-9(11)10-8(2)4-6-13-10/h4,6H,3,5,7H2,1-2H3. The summed E-state index contributed by atoms with van der Waals surface area (Å²) < 4.78 is 0. The third-order valence-electron chi connectivity index (χ3n) is 1.70. The number of ketones is 1. The quantitative estimate of drug-likeness (QED) is 0.552. The smallest absolute Gasteiger partial charge is 0.182 e. The number of carbonyl (C=O) groups is 1. The molecule has 0 spiro atoms. The second-order valence-corrected chi connectivity index (χ2v) is 4.93. The van der Waals surface area contributed by atoms with E-state index in [1.807, 2.05) is 18.4 Å². The van der Waals surface area contributed by atoms with Crippen molar-refractivity contribution in [3.05, 3.63) is 21.9 Å². The van der Waals surface area contributed by atoms with Crippen LogP contribution in [0, 0.1) is 6.92 Å². The van der Waals surface area contributed by atoms with Crippen LogP contribution in [0.4, 0.5) is 0 Å². The third kappa shape index (κ3) is 3.16. The normalized spacial score (nSPS) is 10.3. The van der Waals surface area contributed by atoms with E-state index >= 15 is 0 Å². The van der Waals surface area contributed by atoms with Crippen LogP contribution in [0.5, 0.6) is 0 Å². The molecular formula is C10H14OS2. The highest BCUT2D eigenvalue weighted by atomic mass is 32.2. The molecule has 0 aliphatic carbocycles. The van der Waals surface area contributed by atoms with E-state index in [0.717, 1.165) is 22.6 Å². The van der Waals surface area contributed by atoms with Crippen molar-refractivity contribution in [2.45, 2.75) is 20.3 Å². The van der Waals surface area contributed by atoms with Gasteiger partial charge in [-0.1, -0.05) is 6.92 Å². The zero-order chi connectivity index (χ0) is 9.68. The zero-order valence-electron chi connectivity index (χ0n) is 8.00. The zero-order valence-corrected chi connectivity index (χ0v) is 9.63. The summed E-state index contributed by atoms with van der Waals surface area (Å²) in [5.74, 6) is 2.00. The molecule has 0 N–H and O–H groups in total. The molecule has 0 unspecified atom stereocenters. The SMILES string of the molecule is CCCSCC(=O)c1sccc1C. The molecule has 3 heteroatoms. The molecule has 1 nitrogen and oxygen atoms in total. The Kier molecular flexibility index (Phi) is 4.53. The van der Waals surface area contributed by atoms with Gasteiger partial charge in [-0.3, -0.25) is 4.79 Å². The van der Waals surface area contributed by atoms with Crippen molar-refractivity contribution in [2.24, 2.45) is 0 Å². The van der Waals surface area contributed by atoms with Gasteiger partial charge < -0.3 is 0 Å². The number of hydrogen-bond donors (Lipinski definition) is 0. The van der Waals surface area contributed by atoms with Crippen molar-refractivity contribution in [1.29, 1.82) is 0 Å². The minimum absolute atomic E-state index is 0.283. The Morgan fingerprint density at radius 1 is 1.62 bits per heavy atom. The average Bonchev–Trinajstić information content (AvgIpc) is 2.52. The number of aryl methyl sites for hydroxylation is 1. The van der Waals surface area contributed by atoms with Gasteiger partial charge in [0.25, 0.3) is 0 Å². The molecule has 0 aliphatic heterocycles. The molecule has 0 saturated heterocycles. The van der Waals surface area contributed by atoms with Crippen LogP contribution >= 0.6 is 23.1 Å². The Morgan fingerprint density at radius 2 is 2.38 bits per heavy atom. The molecule has 0 radical (unpaired) electrons. The first-order chi connectivity index (χ1) is 6.25. The van der Waals surface area contributed by atoms with E-state index in [4.69, 9.17) is 0 Å². The fourth-order valence-corrected chi connectivity index (χ4v) is 2.75. The first-order valence-electron chi connectivity index (χ1n) is 4.40. The van der Waals surface area contributed by atoms with Crippen molar-refractivity contribution in [3.63, 3.8) is 0 Å². The molecule has 13 heavy (non-hydrogen) atoms. The number of thiophene rings is 1. The van der Waals surface area contributed by atoms with Crippen LogP contribution in [-0.4, -0.2) is 17.3 Å². The first-order valence-corrected chi connectivity index (χ1v) is 6.44. The molecule has 0 fully saturated rings. The summed E-state index contributed by atoms with van der Waals surface area (Å²) in [4.78, 5) is 12.5. The fraction of sp³-hybridized carbons (Fsp3) is 0.500. The molecule has 1 aromatic rings. The summed E-state index contributed by atoms with van der Waals surface area (Å²) in [7, 11) is 0. The van der Waals surface area contributed by atoms with Crippen molar-refractivity contribution in [2.75, 3.05) is 11.5 Å². The molecule has 72 valence electrons. The summed E-state index contributed by atoms with van der Waals surface area (Å²) in [5, 5.41) is 1.98. The molecule has 0 bridgehead atoms. The maximum atomic E-state index is 11.6. The Morgan fingerprint density at radius 3 is 2.92 bits per heavy atom. The van der Waals surface area contributed by atoms with E-state index in [0.29, 0.717) is 5.75 Å². The van der Waals surface area contributed by atoms with E-state index in [9.17, 15) is 4.79 Å². The molecule has 0 aliphatic rings. The lowest BCUT2D eigenvalue weighted by atomic mass is 10.2. The summed E-state index contributed by atoms with van der Waals surface area (Å²) in [5.41, 5.74) is 1.12. The molecule has 0 aromatic carbocycles. The van der Waals surface area contributed by atoms with Gasteiger partial charge in [0.05, 0.1) is 10.6 Å². The fourth-order valence-electron chi connectivity index (χ4n) is 1.03. The van der Waals surface area contributed by atoms with Crippen LogP contribution in [-0.2, 0) is 0 Å². The molecule has 0 amide bonds. The minimum atomic E-state index is 0.283. The van der Waals surface area contributed by atoms with Crippen LogP contribution in [0.15, 0.2) is 11.4 Å². The topological polar surface area (TPSA) is 17.1 Å². The molecule has 1 aromatic heterocycles. The lowest BCUT2D eigenvalue weighted by Gasteiger charge is -1.98.